The molecule has 156 valence electrons. The first-order chi connectivity index (χ1) is 14.9. The number of benzene rings is 2. The van der Waals surface area contributed by atoms with Gasteiger partial charge in [0.1, 0.15) is 0 Å². The molecule has 0 saturated carbocycles. The van der Waals surface area contributed by atoms with Gasteiger partial charge in [0.05, 0.1) is 16.6 Å². The van der Waals surface area contributed by atoms with Gasteiger partial charge in [0.25, 0.3) is 11.2 Å². The first-order valence-electron chi connectivity index (χ1n) is 8.88. The highest BCUT2D eigenvalue weighted by molar-refractivity contribution is 7.15. The summed E-state index contributed by atoms with van der Waals surface area (Å²) < 4.78 is 11.9. The first kappa shape index (κ1) is 20.2. The Kier molecular flexibility index (Phi) is 5.17. The van der Waals surface area contributed by atoms with E-state index in [2.05, 4.69) is 10.1 Å². The number of esters is 1. The molecule has 11 heteroatoms. The predicted molar refractivity (Wildman–Crippen MR) is 112 cm³/mol. The van der Waals surface area contributed by atoms with E-state index in [0.717, 1.165) is 15.9 Å². The number of ether oxygens (including phenoxy) is 2. The number of nitro benzene ring substituents is 1. The molecule has 0 spiro atoms. The summed E-state index contributed by atoms with van der Waals surface area (Å²) in [5, 5.41) is 15.2. The van der Waals surface area contributed by atoms with Crippen molar-refractivity contribution in [2.24, 2.45) is 0 Å². The lowest BCUT2D eigenvalue weighted by Crippen LogP contribution is -2.23. The number of non-ortho nitro benzene ring substituents is 1. The molecular weight excluding hydrogens is 424 g/mol. The van der Waals surface area contributed by atoms with Crippen LogP contribution in [0.5, 0.6) is 11.5 Å². The smallest absolute Gasteiger partial charge is 0.308 e. The molecule has 0 saturated heterocycles. The van der Waals surface area contributed by atoms with E-state index in [1.165, 1.54) is 32.2 Å². The number of rotatable bonds is 5. The Balaban J connectivity index is 1.73. The van der Waals surface area contributed by atoms with Crippen molar-refractivity contribution in [3.05, 3.63) is 73.0 Å². The maximum Gasteiger partial charge on any atom is 0.308 e. The van der Waals surface area contributed by atoms with Crippen LogP contribution in [0.2, 0.25) is 0 Å². The molecule has 0 unspecified atom stereocenters. The Morgan fingerprint density at radius 3 is 2.71 bits per heavy atom. The molecule has 31 heavy (non-hydrogen) atoms. The van der Waals surface area contributed by atoms with Crippen molar-refractivity contribution in [2.75, 3.05) is 7.11 Å². The lowest BCUT2D eigenvalue weighted by Gasteiger charge is -2.08. The van der Waals surface area contributed by atoms with E-state index in [-0.39, 0.29) is 22.8 Å². The van der Waals surface area contributed by atoms with E-state index < -0.39 is 10.9 Å². The Labute approximate surface area is 178 Å². The fraction of sp³-hybridized carbons (Fsp3) is 0.100. The van der Waals surface area contributed by atoms with Gasteiger partial charge in [-0.05, 0) is 23.8 Å². The molecule has 0 fully saturated rings. The van der Waals surface area contributed by atoms with Crippen molar-refractivity contribution >= 4 is 34.0 Å². The summed E-state index contributed by atoms with van der Waals surface area (Å²) in [6, 6.07) is 10.8. The predicted octanol–water partition coefficient (Wildman–Crippen LogP) is 2.21. The summed E-state index contributed by atoms with van der Waals surface area (Å²) >= 11 is 1.13. The number of carbonyl (C=O) groups excluding carboxylic acids is 1. The van der Waals surface area contributed by atoms with Crippen LogP contribution in [0.15, 0.2) is 47.3 Å². The van der Waals surface area contributed by atoms with E-state index >= 15 is 0 Å². The second kappa shape index (κ2) is 7.95. The zero-order chi connectivity index (χ0) is 22.1. The van der Waals surface area contributed by atoms with Gasteiger partial charge in [0, 0.05) is 24.6 Å². The summed E-state index contributed by atoms with van der Waals surface area (Å²) in [5.41, 5.74) is 0.652. The second-order valence-corrected chi connectivity index (χ2v) is 7.37. The summed E-state index contributed by atoms with van der Waals surface area (Å²) in [7, 11) is 1.45. The number of methoxy groups -OCH3 is 1. The number of nitrogens with zero attached hydrogens (tertiary/aromatic N) is 4. The van der Waals surface area contributed by atoms with Crippen molar-refractivity contribution in [1.82, 2.24) is 14.6 Å². The number of thiazole rings is 1. The number of aromatic nitrogens is 3. The van der Waals surface area contributed by atoms with Crippen LogP contribution >= 0.6 is 11.3 Å². The molecule has 0 aliphatic carbocycles. The van der Waals surface area contributed by atoms with Crippen molar-refractivity contribution in [3.8, 4) is 22.9 Å². The van der Waals surface area contributed by atoms with Crippen LogP contribution in [0.3, 0.4) is 0 Å². The molecule has 0 radical (unpaired) electrons. The Bertz CT molecular complexity index is 1440. The van der Waals surface area contributed by atoms with Crippen LogP contribution in [0.1, 0.15) is 12.5 Å². The molecule has 2 aromatic carbocycles. The SMILES string of the molecule is COc1cc(/C=c2\sc3nc(-c4cccc([N+](=O)[O-])c4)nn3c2=O)ccc1OC(C)=O. The van der Waals surface area contributed by atoms with Crippen molar-refractivity contribution < 1.29 is 19.2 Å². The van der Waals surface area contributed by atoms with Gasteiger partial charge >= 0.3 is 5.97 Å². The van der Waals surface area contributed by atoms with Crippen LogP contribution in [0, 0.1) is 10.1 Å². The molecular formula is C20H14N4O6S. The average molecular weight is 438 g/mol. The number of nitro groups is 1. The number of carbonyl (C=O) groups is 1. The molecule has 0 amide bonds. The molecule has 0 aliphatic heterocycles. The van der Waals surface area contributed by atoms with Gasteiger partial charge in [-0.15, -0.1) is 5.10 Å². The minimum absolute atomic E-state index is 0.0850. The van der Waals surface area contributed by atoms with Gasteiger partial charge in [-0.3, -0.25) is 19.7 Å². The maximum absolute atomic E-state index is 12.8. The summed E-state index contributed by atoms with van der Waals surface area (Å²) in [5.74, 6) is 0.385. The third kappa shape index (κ3) is 3.98. The fourth-order valence-corrected chi connectivity index (χ4v) is 3.79. The maximum atomic E-state index is 12.8. The minimum atomic E-state index is -0.505. The third-order valence-corrected chi connectivity index (χ3v) is 5.20. The van der Waals surface area contributed by atoms with E-state index in [9.17, 15) is 19.7 Å². The summed E-state index contributed by atoms with van der Waals surface area (Å²) in [4.78, 5) is 39.1. The number of fused-ring (bicyclic) bond motifs is 1. The van der Waals surface area contributed by atoms with Crippen LogP contribution < -0.4 is 19.6 Å². The van der Waals surface area contributed by atoms with Crippen molar-refractivity contribution in [2.45, 2.75) is 6.92 Å². The highest BCUT2D eigenvalue weighted by atomic mass is 32.1. The zero-order valence-electron chi connectivity index (χ0n) is 16.3. The van der Waals surface area contributed by atoms with E-state index in [1.54, 1.807) is 30.3 Å². The number of hydrogen-bond donors (Lipinski definition) is 0. The van der Waals surface area contributed by atoms with Gasteiger partial charge in [0.2, 0.25) is 4.96 Å². The van der Waals surface area contributed by atoms with E-state index in [1.807, 2.05) is 0 Å². The largest absolute Gasteiger partial charge is 0.493 e. The standard InChI is InChI=1S/C20H14N4O6S/c1-11(25)30-15-7-6-12(8-16(15)29-2)9-17-19(26)23-20(31-17)21-18(22-23)13-4-3-5-14(10-13)24(27)28/h3-10H,1-2H3/b17-9-. The van der Waals surface area contributed by atoms with E-state index in [4.69, 9.17) is 9.47 Å². The third-order valence-electron chi connectivity index (χ3n) is 4.24. The lowest BCUT2D eigenvalue weighted by molar-refractivity contribution is -0.384. The van der Waals surface area contributed by atoms with Crippen LogP contribution in [0.4, 0.5) is 5.69 Å². The highest BCUT2D eigenvalue weighted by Gasteiger charge is 2.15. The molecule has 0 bridgehead atoms. The summed E-state index contributed by atoms with van der Waals surface area (Å²) in [6.07, 6.45) is 1.65. The molecule has 4 aromatic rings. The Morgan fingerprint density at radius 1 is 1.23 bits per heavy atom. The molecule has 0 N–H and O–H groups in total. The number of hydrogen-bond acceptors (Lipinski definition) is 9. The second-order valence-electron chi connectivity index (χ2n) is 6.36. The van der Waals surface area contributed by atoms with Gasteiger partial charge in [-0.2, -0.15) is 9.50 Å². The van der Waals surface area contributed by atoms with Gasteiger partial charge in [-0.25, -0.2) is 0 Å². The topological polar surface area (TPSA) is 126 Å². The molecule has 0 aliphatic rings. The summed E-state index contributed by atoms with van der Waals surface area (Å²) in [6.45, 7) is 1.29. The van der Waals surface area contributed by atoms with Crippen molar-refractivity contribution in [1.29, 1.82) is 0 Å². The monoisotopic (exact) mass is 438 g/mol. The normalized spacial score (nSPS) is 11.6. The van der Waals surface area contributed by atoms with Crippen molar-refractivity contribution in [3.63, 3.8) is 0 Å². The van der Waals surface area contributed by atoms with Gasteiger partial charge in [0.15, 0.2) is 17.3 Å². The molecule has 4 rings (SSSR count). The molecule has 2 aromatic heterocycles. The van der Waals surface area contributed by atoms with Crippen LogP contribution in [0.25, 0.3) is 22.4 Å². The van der Waals surface area contributed by atoms with Crippen LogP contribution in [-0.4, -0.2) is 32.6 Å². The minimum Gasteiger partial charge on any atom is -0.493 e. The fourth-order valence-electron chi connectivity index (χ4n) is 2.88. The van der Waals surface area contributed by atoms with Gasteiger partial charge < -0.3 is 9.47 Å². The first-order valence-corrected chi connectivity index (χ1v) is 9.70. The zero-order valence-corrected chi connectivity index (χ0v) is 17.1. The molecule has 0 atom stereocenters. The van der Waals surface area contributed by atoms with Gasteiger partial charge in [-0.1, -0.05) is 29.5 Å². The molecule has 2 heterocycles. The van der Waals surface area contributed by atoms with Crippen LogP contribution in [-0.2, 0) is 4.79 Å². The Hall–Kier alpha value is -4.12. The lowest BCUT2D eigenvalue weighted by atomic mass is 10.2. The average Bonchev–Trinajstić information content (AvgIpc) is 3.28. The van der Waals surface area contributed by atoms with E-state index in [0.29, 0.717) is 26.4 Å². The quantitative estimate of drug-likeness (QED) is 0.201. The highest BCUT2D eigenvalue weighted by Crippen LogP contribution is 2.28. The molecule has 10 nitrogen and oxygen atoms in total. The Morgan fingerprint density at radius 2 is 2.03 bits per heavy atom.